The number of hydrogen-bond donors (Lipinski definition) is 1. The van der Waals surface area contributed by atoms with Crippen molar-refractivity contribution < 1.29 is 28.8 Å². The summed E-state index contributed by atoms with van der Waals surface area (Å²) in [4.78, 5) is 54.2. The zero-order valence-corrected chi connectivity index (χ0v) is 16.0. The summed E-state index contributed by atoms with van der Waals surface area (Å²) in [6.07, 6.45) is 1.17. The second-order valence-corrected chi connectivity index (χ2v) is 9.00. The van der Waals surface area contributed by atoms with Crippen LogP contribution in [0.15, 0.2) is 24.3 Å². The van der Waals surface area contributed by atoms with Gasteiger partial charge in [0.25, 0.3) is 11.8 Å². The first kappa shape index (κ1) is 18.5. The fourth-order valence-electron chi connectivity index (χ4n) is 4.41. The summed E-state index contributed by atoms with van der Waals surface area (Å²) in [5, 5.41) is 3.30. The Kier molecular flexibility index (Phi) is 3.82. The molecule has 1 heterocycles. The molecule has 3 amide bonds. The first-order chi connectivity index (χ1) is 13.0. The van der Waals surface area contributed by atoms with Crippen LogP contribution in [0, 0.1) is 10.8 Å². The van der Waals surface area contributed by atoms with Crippen molar-refractivity contribution in [2.24, 2.45) is 10.8 Å². The monoisotopic (exact) mass is 386 g/mol. The summed E-state index contributed by atoms with van der Waals surface area (Å²) < 4.78 is 5.21. The van der Waals surface area contributed by atoms with Gasteiger partial charge in [-0.25, -0.2) is 9.59 Å². The fraction of sp³-hybridized carbons (Fsp3) is 0.500. The minimum absolute atomic E-state index is 0.141. The molecule has 0 aromatic heterocycles. The Hall–Kier alpha value is -2.90. The highest BCUT2D eigenvalue weighted by Crippen LogP contribution is 2.73. The van der Waals surface area contributed by atoms with Gasteiger partial charge in [0.2, 0.25) is 0 Å². The summed E-state index contributed by atoms with van der Waals surface area (Å²) in [7, 11) is 0. The molecule has 8 nitrogen and oxygen atoms in total. The van der Waals surface area contributed by atoms with Crippen molar-refractivity contribution in [3.8, 4) is 0 Å². The predicted molar refractivity (Wildman–Crippen MR) is 96.0 cm³/mol. The van der Waals surface area contributed by atoms with Crippen molar-refractivity contribution in [2.45, 2.75) is 45.6 Å². The molecule has 1 aromatic rings. The Labute approximate surface area is 162 Å². The van der Waals surface area contributed by atoms with E-state index in [4.69, 9.17) is 9.57 Å². The molecule has 1 aromatic carbocycles. The number of hydrogen-bond acceptors (Lipinski definition) is 6. The maximum Gasteiger partial charge on any atom is 0.407 e. The Bertz CT molecular complexity index is 845. The van der Waals surface area contributed by atoms with Gasteiger partial charge in [0.15, 0.2) is 0 Å². The molecule has 0 radical (unpaired) electrons. The molecule has 3 aliphatic carbocycles. The number of carbonyl (C=O) groups excluding carboxylic acids is 4. The van der Waals surface area contributed by atoms with Crippen LogP contribution in [-0.2, 0) is 14.4 Å². The zero-order chi connectivity index (χ0) is 20.3. The van der Waals surface area contributed by atoms with E-state index in [9.17, 15) is 19.2 Å². The Balaban J connectivity index is 1.30. The number of carbonyl (C=O) groups is 4. The highest BCUT2D eigenvalue weighted by molar-refractivity contribution is 6.21. The molecule has 148 valence electrons. The number of alkyl carbamates (subject to hydrolysis) is 1. The lowest BCUT2D eigenvalue weighted by Gasteiger charge is -2.68. The smallest absolute Gasteiger partial charge is 0.407 e. The maximum absolute atomic E-state index is 12.6. The number of fused-ring (bicyclic) bond motifs is 1. The van der Waals surface area contributed by atoms with Crippen LogP contribution in [0.2, 0.25) is 0 Å². The molecule has 5 rings (SSSR count). The fourth-order valence-corrected chi connectivity index (χ4v) is 4.41. The molecule has 1 aliphatic heterocycles. The molecule has 1 N–H and O–H groups in total. The van der Waals surface area contributed by atoms with Gasteiger partial charge < -0.3 is 14.9 Å². The quantitative estimate of drug-likeness (QED) is 0.798. The van der Waals surface area contributed by atoms with Gasteiger partial charge in [0.05, 0.1) is 16.5 Å². The molecule has 4 aliphatic rings. The summed E-state index contributed by atoms with van der Waals surface area (Å²) in [6.45, 7) is 5.79. The minimum atomic E-state index is -0.676. The van der Waals surface area contributed by atoms with E-state index in [0.717, 1.165) is 0 Å². The van der Waals surface area contributed by atoms with E-state index in [2.05, 4.69) is 5.32 Å². The molecule has 2 bridgehead atoms. The van der Waals surface area contributed by atoms with E-state index < -0.39 is 34.9 Å². The third-order valence-corrected chi connectivity index (χ3v) is 5.51. The number of hydroxylamine groups is 2. The van der Waals surface area contributed by atoms with Gasteiger partial charge in [-0.2, -0.15) is 0 Å². The summed E-state index contributed by atoms with van der Waals surface area (Å²) in [6, 6.07) is 6.36. The number of ether oxygens (including phenoxy) is 1. The lowest BCUT2D eigenvalue weighted by atomic mass is 9.35. The van der Waals surface area contributed by atoms with Crippen LogP contribution in [-0.4, -0.2) is 41.1 Å². The molecular weight excluding hydrogens is 364 g/mol. The minimum Gasteiger partial charge on any atom is -0.444 e. The van der Waals surface area contributed by atoms with Crippen molar-refractivity contribution in [3.05, 3.63) is 35.4 Å². The zero-order valence-electron chi connectivity index (χ0n) is 16.0. The van der Waals surface area contributed by atoms with Crippen molar-refractivity contribution in [1.29, 1.82) is 0 Å². The van der Waals surface area contributed by atoms with Gasteiger partial charge in [-0.15, -0.1) is 0 Å². The molecule has 8 heteroatoms. The van der Waals surface area contributed by atoms with Crippen LogP contribution >= 0.6 is 0 Å². The van der Waals surface area contributed by atoms with Crippen LogP contribution < -0.4 is 5.32 Å². The summed E-state index contributed by atoms with van der Waals surface area (Å²) >= 11 is 0. The second-order valence-electron chi connectivity index (χ2n) is 9.00. The number of imide groups is 1. The van der Waals surface area contributed by atoms with Crippen LogP contribution in [0.5, 0.6) is 0 Å². The molecule has 0 atom stereocenters. The molecule has 0 spiro atoms. The van der Waals surface area contributed by atoms with Gasteiger partial charge in [-0.3, -0.25) is 9.59 Å². The van der Waals surface area contributed by atoms with E-state index in [1.54, 1.807) is 32.9 Å². The van der Waals surface area contributed by atoms with Crippen molar-refractivity contribution in [3.63, 3.8) is 0 Å². The number of rotatable bonds is 4. The molecule has 28 heavy (non-hydrogen) atoms. The Morgan fingerprint density at radius 2 is 1.61 bits per heavy atom. The topological polar surface area (TPSA) is 102 Å². The van der Waals surface area contributed by atoms with Crippen molar-refractivity contribution >= 4 is 23.9 Å². The molecular formula is C20H22N2O6. The van der Waals surface area contributed by atoms with E-state index in [1.165, 1.54) is 12.1 Å². The summed E-state index contributed by atoms with van der Waals surface area (Å²) in [5.41, 5.74) is -0.920. The van der Waals surface area contributed by atoms with E-state index in [0.29, 0.717) is 30.9 Å². The first-order valence-corrected chi connectivity index (χ1v) is 9.21. The third-order valence-electron chi connectivity index (χ3n) is 5.51. The molecule has 3 saturated carbocycles. The van der Waals surface area contributed by atoms with Crippen LogP contribution in [0.1, 0.15) is 60.7 Å². The standard InChI is InChI=1S/C20H22N2O6/c1-18(2,3)27-17(26)21-11-19-8-20(9-19,10-19)16(25)28-22-14(23)12-6-4-5-7-13(12)15(22)24/h4-7H,8-11H2,1-3H3,(H,21,26). The molecule has 0 saturated heterocycles. The molecule has 0 unspecified atom stereocenters. The lowest BCUT2D eigenvalue weighted by molar-refractivity contribution is -0.241. The third kappa shape index (κ3) is 2.83. The number of benzene rings is 1. The van der Waals surface area contributed by atoms with Crippen LogP contribution in [0.4, 0.5) is 4.79 Å². The lowest BCUT2D eigenvalue weighted by Crippen LogP contribution is -2.69. The van der Waals surface area contributed by atoms with Gasteiger partial charge in [-0.1, -0.05) is 17.2 Å². The first-order valence-electron chi connectivity index (χ1n) is 9.21. The average molecular weight is 386 g/mol. The van der Waals surface area contributed by atoms with E-state index >= 15 is 0 Å². The highest BCUT2D eigenvalue weighted by Gasteiger charge is 2.72. The maximum atomic E-state index is 12.6. The van der Waals surface area contributed by atoms with E-state index in [-0.39, 0.29) is 16.5 Å². The van der Waals surface area contributed by atoms with Crippen molar-refractivity contribution in [2.75, 3.05) is 6.54 Å². The van der Waals surface area contributed by atoms with Gasteiger partial charge in [-0.05, 0) is 57.6 Å². The largest absolute Gasteiger partial charge is 0.444 e. The van der Waals surface area contributed by atoms with Gasteiger partial charge in [0.1, 0.15) is 5.60 Å². The van der Waals surface area contributed by atoms with Crippen LogP contribution in [0.25, 0.3) is 0 Å². The molecule has 3 fully saturated rings. The predicted octanol–water partition coefficient (Wildman–Crippen LogP) is 2.44. The summed E-state index contributed by atoms with van der Waals surface area (Å²) in [5.74, 6) is -1.81. The number of amides is 3. The Morgan fingerprint density at radius 3 is 2.11 bits per heavy atom. The SMILES string of the molecule is CC(C)(C)OC(=O)NCC12CC(C(=O)ON3C(=O)c4ccccc4C3=O)(C1)C2. The van der Waals surface area contributed by atoms with Crippen LogP contribution in [0.3, 0.4) is 0 Å². The number of nitrogens with one attached hydrogen (secondary N) is 1. The van der Waals surface area contributed by atoms with Gasteiger partial charge in [0, 0.05) is 6.54 Å². The highest BCUT2D eigenvalue weighted by atomic mass is 16.7. The van der Waals surface area contributed by atoms with Crippen molar-refractivity contribution in [1.82, 2.24) is 10.4 Å². The average Bonchev–Trinajstić information content (AvgIpc) is 2.76. The normalized spacial score (nSPS) is 27.5. The van der Waals surface area contributed by atoms with E-state index in [1.807, 2.05) is 0 Å². The number of nitrogens with zero attached hydrogens (tertiary/aromatic N) is 1. The second kappa shape index (κ2) is 5.80. The Morgan fingerprint density at radius 1 is 1.07 bits per heavy atom. The van der Waals surface area contributed by atoms with Gasteiger partial charge >= 0.3 is 12.1 Å².